The molecule has 36 heavy (non-hydrogen) atoms. The number of hydrogen-bond acceptors (Lipinski definition) is 5. The Morgan fingerprint density at radius 3 is 2.33 bits per heavy atom. The molecule has 2 aliphatic heterocycles. The number of carbonyl (C=O) groups excluding carboxylic acids is 4. The molecule has 2 fully saturated rings. The molecule has 0 radical (unpaired) electrons. The lowest BCUT2D eigenvalue weighted by Crippen LogP contribution is -2.50. The first kappa shape index (κ1) is 25.2. The second-order valence-corrected chi connectivity index (χ2v) is 8.90. The highest BCUT2D eigenvalue weighted by Crippen LogP contribution is 2.29. The zero-order valence-electron chi connectivity index (χ0n) is 20.7. The van der Waals surface area contributed by atoms with Gasteiger partial charge in [0.05, 0.1) is 23.8 Å². The number of hydrogen-bond donors (Lipinski definition) is 1. The van der Waals surface area contributed by atoms with E-state index in [1.807, 2.05) is 31.2 Å². The fourth-order valence-corrected chi connectivity index (χ4v) is 4.68. The normalized spacial score (nSPS) is 17.8. The molecule has 9 nitrogen and oxygen atoms in total. The molecule has 1 N–H and O–H groups in total. The van der Waals surface area contributed by atoms with Crippen LogP contribution in [0.2, 0.25) is 0 Å². The van der Waals surface area contributed by atoms with E-state index in [9.17, 15) is 19.2 Å². The maximum Gasteiger partial charge on any atom is 0.409 e. The molecule has 0 aliphatic carbocycles. The van der Waals surface area contributed by atoms with Gasteiger partial charge in [0.2, 0.25) is 11.8 Å². The van der Waals surface area contributed by atoms with Crippen molar-refractivity contribution in [2.75, 3.05) is 49.5 Å². The SMILES string of the molecule is CCOC(=O)N1CCN(C(=O)c2ccccc2NC(=O)C2CC(=O)N(c3ccccc3CC)C2)CC1. The van der Waals surface area contributed by atoms with Crippen molar-refractivity contribution in [3.63, 3.8) is 0 Å². The first-order chi connectivity index (χ1) is 17.4. The van der Waals surface area contributed by atoms with Crippen LogP contribution in [0.3, 0.4) is 0 Å². The van der Waals surface area contributed by atoms with Crippen molar-refractivity contribution in [3.05, 3.63) is 59.7 Å². The van der Waals surface area contributed by atoms with Gasteiger partial charge in [0, 0.05) is 44.8 Å². The van der Waals surface area contributed by atoms with E-state index in [1.54, 1.807) is 45.9 Å². The number of rotatable bonds is 6. The van der Waals surface area contributed by atoms with Crippen LogP contribution in [-0.2, 0) is 20.7 Å². The average Bonchev–Trinajstić information content (AvgIpc) is 3.30. The molecule has 2 heterocycles. The maximum atomic E-state index is 13.3. The van der Waals surface area contributed by atoms with Gasteiger partial charge in [-0.15, -0.1) is 0 Å². The predicted octanol–water partition coefficient (Wildman–Crippen LogP) is 3.15. The van der Waals surface area contributed by atoms with Crippen molar-refractivity contribution in [1.82, 2.24) is 9.80 Å². The number of piperazine rings is 1. The van der Waals surface area contributed by atoms with E-state index in [1.165, 1.54) is 0 Å². The van der Waals surface area contributed by atoms with Gasteiger partial charge in [-0.3, -0.25) is 14.4 Å². The van der Waals surface area contributed by atoms with Crippen LogP contribution in [0.5, 0.6) is 0 Å². The number of ether oxygens (including phenoxy) is 1. The van der Waals surface area contributed by atoms with Crippen LogP contribution in [0, 0.1) is 5.92 Å². The van der Waals surface area contributed by atoms with Gasteiger partial charge in [0.25, 0.3) is 5.91 Å². The minimum absolute atomic E-state index is 0.0834. The van der Waals surface area contributed by atoms with E-state index in [0.717, 1.165) is 17.7 Å². The molecule has 1 unspecified atom stereocenters. The zero-order chi connectivity index (χ0) is 25.7. The van der Waals surface area contributed by atoms with Gasteiger partial charge < -0.3 is 24.8 Å². The molecule has 2 aromatic rings. The minimum atomic E-state index is -0.515. The number of benzene rings is 2. The summed E-state index contributed by atoms with van der Waals surface area (Å²) in [5, 5.41) is 2.89. The lowest BCUT2D eigenvalue weighted by molar-refractivity contribution is -0.122. The number of anilines is 2. The first-order valence-electron chi connectivity index (χ1n) is 12.4. The number of para-hydroxylation sites is 2. The summed E-state index contributed by atoms with van der Waals surface area (Å²) in [5.74, 6) is -1.10. The van der Waals surface area contributed by atoms with Gasteiger partial charge >= 0.3 is 6.09 Å². The molecular formula is C27H32N4O5. The van der Waals surface area contributed by atoms with E-state index >= 15 is 0 Å². The monoisotopic (exact) mass is 492 g/mol. The zero-order valence-corrected chi connectivity index (χ0v) is 20.7. The Balaban J connectivity index is 1.42. The third-order valence-corrected chi connectivity index (χ3v) is 6.67. The summed E-state index contributed by atoms with van der Waals surface area (Å²) in [6, 6.07) is 14.6. The molecule has 2 saturated heterocycles. The maximum absolute atomic E-state index is 13.3. The van der Waals surface area contributed by atoms with Gasteiger partial charge in [-0.1, -0.05) is 37.3 Å². The predicted molar refractivity (Wildman–Crippen MR) is 136 cm³/mol. The third-order valence-electron chi connectivity index (χ3n) is 6.67. The van der Waals surface area contributed by atoms with E-state index in [-0.39, 0.29) is 30.2 Å². The summed E-state index contributed by atoms with van der Waals surface area (Å²) in [5.41, 5.74) is 2.71. The quantitative estimate of drug-likeness (QED) is 0.668. The molecular weight excluding hydrogens is 460 g/mol. The highest BCUT2D eigenvalue weighted by atomic mass is 16.6. The topological polar surface area (TPSA) is 99.3 Å². The van der Waals surface area contributed by atoms with E-state index in [2.05, 4.69) is 5.32 Å². The van der Waals surface area contributed by atoms with Crippen LogP contribution in [0.25, 0.3) is 0 Å². The number of carbonyl (C=O) groups is 4. The van der Waals surface area contributed by atoms with Crippen LogP contribution in [-0.4, -0.2) is 72.9 Å². The number of nitrogens with zero attached hydrogens (tertiary/aromatic N) is 3. The fourth-order valence-electron chi connectivity index (χ4n) is 4.68. The summed E-state index contributed by atoms with van der Waals surface area (Å²) >= 11 is 0. The molecule has 0 saturated carbocycles. The van der Waals surface area contributed by atoms with Crippen molar-refractivity contribution >= 4 is 35.2 Å². The van der Waals surface area contributed by atoms with Gasteiger partial charge in [-0.25, -0.2) is 4.79 Å². The van der Waals surface area contributed by atoms with Crippen LogP contribution in [0.1, 0.15) is 36.2 Å². The van der Waals surface area contributed by atoms with Crippen molar-refractivity contribution in [3.8, 4) is 0 Å². The molecule has 190 valence electrons. The smallest absolute Gasteiger partial charge is 0.409 e. The fraction of sp³-hybridized carbons (Fsp3) is 0.407. The highest BCUT2D eigenvalue weighted by molar-refractivity contribution is 6.07. The third kappa shape index (κ3) is 5.35. The van der Waals surface area contributed by atoms with E-state index < -0.39 is 5.92 Å². The Labute approximate surface area is 211 Å². The molecule has 0 aromatic heterocycles. The summed E-state index contributed by atoms with van der Waals surface area (Å²) < 4.78 is 5.04. The standard InChI is InChI=1S/C27H32N4O5/c1-3-19-9-5-8-12-23(19)31-18-20(17-24(31)32)25(33)28-22-11-7-6-10-21(22)26(34)29-13-15-30(16-14-29)27(35)36-4-2/h5-12,20H,3-4,13-18H2,1-2H3,(H,28,33). The molecule has 0 bridgehead atoms. The van der Waals surface area contributed by atoms with Crippen LogP contribution in [0.4, 0.5) is 16.2 Å². The Morgan fingerprint density at radius 1 is 0.944 bits per heavy atom. The van der Waals surface area contributed by atoms with Crippen molar-refractivity contribution < 1.29 is 23.9 Å². The van der Waals surface area contributed by atoms with Gasteiger partial charge in [0.1, 0.15) is 0 Å². The molecule has 2 aromatic carbocycles. The lowest BCUT2D eigenvalue weighted by Gasteiger charge is -2.34. The summed E-state index contributed by atoms with van der Waals surface area (Å²) in [6.45, 7) is 5.93. The molecule has 0 spiro atoms. The molecule has 4 amide bonds. The molecule has 4 rings (SSSR count). The van der Waals surface area contributed by atoms with E-state index in [4.69, 9.17) is 4.74 Å². The van der Waals surface area contributed by atoms with Gasteiger partial charge in [-0.2, -0.15) is 0 Å². The summed E-state index contributed by atoms with van der Waals surface area (Å²) in [6.07, 6.45) is 0.537. The second kappa shape index (κ2) is 11.2. The van der Waals surface area contributed by atoms with Crippen LogP contribution >= 0.6 is 0 Å². The number of amides is 4. The van der Waals surface area contributed by atoms with Gasteiger partial charge in [-0.05, 0) is 37.1 Å². The van der Waals surface area contributed by atoms with Crippen LogP contribution in [0.15, 0.2) is 48.5 Å². The largest absolute Gasteiger partial charge is 0.450 e. The average molecular weight is 493 g/mol. The van der Waals surface area contributed by atoms with Crippen molar-refractivity contribution in [1.29, 1.82) is 0 Å². The lowest BCUT2D eigenvalue weighted by atomic mass is 10.1. The minimum Gasteiger partial charge on any atom is -0.450 e. The number of aryl methyl sites for hydroxylation is 1. The Bertz CT molecular complexity index is 1140. The van der Waals surface area contributed by atoms with Gasteiger partial charge in [0.15, 0.2) is 0 Å². The molecule has 9 heteroatoms. The van der Waals surface area contributed by atoms with E-state index in [0.29, 0.717) is 50.6 Å². The summed E-state index contributed by atoms with van der Waals surface area (Å²) in [4.78, 5) is 56.0. The van der Waals surface area contributed by atoms with Crippen molar-refractivity contribution in [2.45, 2.75) is 26.7 Å². The highest BCUT2D eigenvalue weighted by Gasteiger charge is 2.36. The number of nitrogens with one attached hydrogen (secondary N) is 1. The second-order valence-electron chi connectivity index (χ2n) is 8.90. The molecule has 2 aliphatic rings. The van der Waals surface area contributed by atoms with Crippen molar-refractivity contribution in [2.24, 2.45) is 5.92 Å². The Kier molecular flexibility index (Phi) is 7.87. The van der Waals surface area contributed by atoms with Crippen LogP contribution < -0.4 is 10.2 Å². The molecule has 1 atom stereocenters. The Hall–Kier alpha value is -3.88. The Morgan fingerprint density at radius 2 is 1.61 bits per heavy atom. The summed E-state index contributed by atoms with van der Waals surface area (Å²) in [7, 11) is 0. The first-order valence-corrected chi connectivity index (χ1v) is 12.4.